The summed E-state index contributed by atoms with van der Waals surface area (Å²) in [5.41, 5.74) is 0.487. The Morgan fingerprint density at radius 3 is 2.69 bits per heavy atom. The molecule has 0 N–H and O–H groups in total. The summed E-state index contributed by atoms with van der Waals surface area (Å²) in [5.74, 6) is 0.0719. The summed E-state index contributed by atoms with van der Waals surface area (Å²) in [6, 6.07) is 10.0. The molecule has 0 aromatic heterocycles. The second-order valence-corrected chi connectivity index (χ2v) is 4.57. The number of nitrogens with zero attached hydrogens (tertiary/aromatic N) is 1. The first-order valence-electron chi connectivity index (χ1n) is 5.57. The average molecular weight is 219 g/mol. The molecule has 0 saturated carbocycles. The largest absolute Gasteiger partial charge is 0.364 e. The average Bonchev–Trinajstić information content (AvgIpc) is 2.26. The highest BCUT2D eigenvalue weighted by Crippen LogP contribution is 2.20. The van der Waals surface area contributed by atoms with Crippen LogP contribution in [-0.2, 0) is 16.1 Å². The molecule has 1 amide bonds. The topological polar surface area (TPSA) is 29.5 Å². The van der Waals surface area contributed by atoms with E-state index in [1.165, 1.54) is 0 Å². The monoisotopic (exact) mass is 219 g/mol. The van der Waals surface area contributed by atoms with Gasteiger partial charge in [0, 0.05) is 13.1 Å². The zero-order valence-electron chi connectivity index (χ0n) is 9.77. The lowest BCUT2D eigenvalue weighted by molar-refractivity contribution is -0.166. The van der Waals surface area contributed by atoms with Crippen LogP contribution in [0.3, 0.4) is 0 Å². The van der Waals surface area contributed by atoms with Gasteiger partial charge in [-0.25, -0.2) is 0 Å². The Labute approximate surface area is 96.0 Å². The van der Waals surface area contributed by atoms with Gasteiger partial charge in [0.25, 0.3) is 5.91 Å². The van der Waals surface area contributed by atoms with Crippen molar-refractivity contribution in [1.29, 1.82) is 0 Å². The maximum atomic E-state index is 12.1. The van der Waals surface area contributed by atoms with E-state index in [1.807, 2.05) is 49.1 Å². The predicted molar refractivity (Wildman–Crippen MR) is 61.9 cm³/mol. The van der Waals surface area contributed by atoms with Crippen LogP contribution in [-0.4, -0.2) is 29.6 Å². The van der Waals surface area contributed by atoms with Crippen LogP contribution in [0.25, 0.3) is 0 Å². The molecule has 86 valence electrons. The molecule has 1 aromatic carbocycles. The van der Waals surface area contributed by atoms with Gasteiger partial charge in [-0.3, -0.25) is 4.79 Å². The normalized spacial score (nSPS) is 19.9. The molecule has 3 nitrogen and oxygen atoms in total. The van der Waals surface area contributed by atoms with Gasteiger partial charge in [0.2, 0.25) is 0 Å². The van der Waals surface area contributed by atoms with E-state index >= 15 is 0 Å². The second kappa shape index (κ2) is 4.26. The van der Waals surface area contributed by atoms with Crippen molar-refractivity contribution in [3.8, 4) is 0 Å². The van der Waals surface area contributed by atoms with E-state index in [9.17, 15) is 4.79 Å². The van der Waals surface area contributed by atoms with E-state index in [0.29, 0.717) is 19.7 Å². The summed E-state index contributed by atoms with van der Waals surface area (Å²) in [6.07, 6.45) is 0. The molecule has 0 unspecified atom stereocenters. The summed E-state index contributed by atoms with van der Waals surface area (Å²) in [4.78, 5) is 13.9. The quantitative estimate of drug-likeness (QED) is 0.759. The summed E-state index contributed by atoms with van der Waals surface area (Å²) < 4.78 is 5.45. The predicted octanol–water partition coefficient (Wildman–Crippen LogP) is 1.82. The van der Waals surface area contributed by atoms with Gasteiger partial charge in [-0.05, 0) is 19.4 Å². The summed E-state index contributed by atoms with van der Waals surface area (Å²) >= 11 is 0. The third-order valence-electron chi connectivity index (χ3n) is 2.84. The van der Waals surface area contributed by atoms with Crippen molar-refractivity contribution in [2.24, 2.45) is 0 Å². The van der Waals surface area contributed by atoms with Crippen molar-refractivity contribution in [3.63, 3.8) is 0 Å². The third-order valence-corrected chi connectivity index (χ3v) is 2.84. The van der Waals surface area contributed by atoms with Crippen molar-refractivity contribution in [1.82, 2.24) is 4.90 Å². The number of hydrogen-bond acceptors (Lipinski definition) is 2. The van der Waals surface area contributed by atoms with E-state index in [2.05, 4.69) is 0 Å². The van der Waals surface area contributed by atoms with Crippen LogP contribution in [0.4, 0.5) is 0 Å². The Morgan fingerprint density at radius 1 is 1.31 bits per heavy atom. The van der Waals surface area contributed by atoms with E-state index in [-0.39, 0.29) is 5.91 Å². The Bertz CT molecular complexity index is 373. The summed E-state index contributed by atoms with van der Waals surface area (Å²) in [7, 11) is 0. The molecule has 1 heterocycles. The number of amides is 1. The number of ether oxygens (including phenoxy) is 1. The van der Waals surface area contributed by atoms with Gasteiger partial charge in [0.1, 0.15) is 5.60 Å². The molecule has 1 aliphatic heterocycles. The lowest BCUT2D eigenvalue weighted by Crippen LogP contribution is -2.52. The van der Waals surface area contributed by atoms with Crippen LogP contribution in [0.1, 0.15) is 19.4 Å². The molecular formula is C13H17NO2. The molecule has 2 rings (SSSR count). The van der Waals surface area contributed by atoms with Gasteiger partial charge >= 0.3 is 0 Å². The maximum absolute atomic E-state index is 12.1. The fraction of sp³-hybridized carbons (Fsp3) is 0.462. The van der Waals surface area contributed by atoms with Crippen molar-refractivity contribution in [3.05, 3.63) is 35.9 Å². The van der Waals surface area contributed by atoms with E-state index in [1.54, 1.807) is 0 Å². The lowest BCUT2D eigenvalue weighted by atomic mass is 10.1. The highest BCUT2D eigenvalue weighted by molar-refractivity contribution is 5.85. The first-order chi connectivity index (χ1) is 7.59. The maximum Gasteiger partial charge on any atom is 0.254 e. The highest BCUT2D eigenvalue weighted by atomic mass is 16.5. The summed E-state index contributed by atoms with van der Waals surface area (Å²) in [5, 5.41) is 0. The smallest absolute Gasteiger partial charge is 0.254 e. The van der Waals surface area contributed by atoms with Gasteiger partial charge in [-0.15, -0.1) is 0 Å². The van der Waals surface area contributed by atoms with Crippen LogP contribution in [0, 0.1) is 0 Å². The summed E-state index contributed by atoms with van der Waals surface area (Å²) in [6.45, 7) is 5.62. The molecule has 0 radical (unpaired) electrons. The minimum absolute atomic E-state index is 0.0719. The fourth-order valence-corrected chi connectivity index (χ4v) is 1.91. The molecular weight excluding hydrogens is 202 g/mol. The Balaban J connectivity index is 2.08. The van der Waals surface area contributed by atoms with Crippen molar-refractivity contribution >= 4 is 5.91 Å². The molecule has 1 aromatic rings. The van der Waals surface area contributed by atoms with Crippen molar-refractivity contribution in [2.75, 3.05) is 13.2 Å². The van der Waals surface area contributed by atoms with E-state index in [4.69, 9.17) is 4.74 Å². The minimum Gasteiger partial charge on any atom is -0.364 e. The van der Waals surface area contributed by atoms with Gasteiger partial charge in [-0.1, -0.05) is 30.3 Å². The SMILES string of the molecule is CC1(C)OCCN(Cc2ccccc2)C1=O. The standard InChI is InChI=1S/C13H17NO2/c1-13(2)12(15)14(8-9-16-13)10-11-6-4-3-5-7-11/h3-7H,8-10H2,1-2H3. The molecule has 0 spiro atoms. The number of carbonyl (C=O) groups is 1. The van der Waals surface area contributed by atoms with Crippen LogP contribution < -0.4 is 0 Å². The second-order valence-electron chi connectivity index (χ2n) is 4.57. The molecule has 0 bridgehead atoms. The Morgan fingerprint density at radius 2 is 2.00 bits per heavy atom. The first-order valence-corrected chi connectivity index (χ1v) is 5.57. The zero-order valence-corrected chi connectivity index (χ0v) is 9.77. The molecule has 1 aliphatic rings. The fourth-order valence-electron chi connectivity index (χ4n) is 1.91. The van der Waals surface area contributed by atoms with Gasteiger partial charge < -0.3 is 9.64 Å². The zero-order chi connectivity index (χ0) is 11.6. The minimum atomic E-state index is -0.674. The van der Waals surface area contributed by atoms with Gasteiger partial charge in [0.05, 0.1) is 6.61 Å². The van der Waals surface area contributed by atoms with Crippen molar-refractivity contribution in [2.45, 2.75) is 26.0 Å². The molecule has 3 heteroatoms. The Hall–Kier alpha value is -1.35. The van der Waals surface area contributed by atoms with Crippen molar-refractivity contribution < 1.29 is 9.53 Å². The molecule has 0 aliphatic carbocycles. The van der Waals surface area contributed by atoms with Crippen LogP contribution in [0.5, 0.6) is 0 Å². The van der Waals surface area contributed by atoms with E-state index in [0.717, 1.165) is 5.56 Å². The molecule has 16 heavy (non-hydrogen) atoms. The number of morpholine rings is 1. The van der Waals surface area contributed by atoms with Gasteiger partial charge in [0.15, 0.2) is 0 Å². The number of benzene rings is 1. The number of hydrogen-bond donors (Lipinski definition) is 0. The lowest BCUT2D eigenvalue weighted by Gasteiger charge is -2.37. The number of carbonyl (C=O) groups excluding carboxylic acids is 1. The van der Waals surface area contributed by atoms with Crippen LogP contribution >= 0.6 is 0 Å². The van der Waals surface area contributed by atoms with Gasteiger partial charge in [-0.2, -0.15) is 0 Å². The van der Waals surface area contributed by atoms with Crippen LogP contribution in [0.15, 0.2) is 30.3 Å². The number of rotatable bonds is 2. The Kier molecular flexibility index (Phi) is 2.97. The highest BCUT2D eigenvalue weighted by Gasteiger charge is 2.36. The molecule has 0 atom stereocenters. The third kappa shape index (κ3) is 2.25. The first kappa shape index (κ1) is 11.1. The van der Waals surface area contributed by atoms with Crippen LogP contribution in [0.2, 0.25) is 0 Å². The van der Waals surface area contributed by atoms with E-state index < -0.39 is 5.60 Å². The molecule has 1 fully saturated rings. The molecule has 1 saturated heterocycles.